The molecule has 0 radical (unpaired) electrons. The molecule has 0 aliphatic carbocycles. The Kier molecular flexibility index (Phi) is 6.48. The van der Waals surface area contributed by atoms with E-state index in [4.69, 9.17) is 4.74 Å². The van der Waals surface area contributed by atoms with Crippen molar-refractivity contribution in [3.63, 3.8) is 0 Å². The number of carbonyl (C=O) groups is 3. The summed E-state index contributed by atoms with van der Waals surface area (Å²) in [4.78, 5) is 39.0. The molecule has 2 aromatic carbocycles. The van der Waals surface area contributed by atoms with Crippen LogP contribution in [-0.2, 0) is 25.2 Å². The van der Waals surface area contributed by atoms with Gasteiger partial charge in [0.15, 0.2) is 0 Å². The Labute approximate surface area is 192 Å². The molecule has 1 atom stereocenters. The molecule has 0 bridgehead atoms. The number of ether oxygens (including phenoxy) is 1. The second-order valence-corrected chi connectivity index (χ2v) is 10.1. The quantitative estimate of drug-likeness (QED) is 0.588. The number of sulfonamides is 1. The van der Waals surface area contributed by atoms with Gasteiger partial charge in [0.1, 0.15) is 22.7 Å². The number of hydrogen-bond acceptors (Lipinski definition) is 6. The number of nitrogens with one attached hydrogen (secondary N) is 2. The van der Waals surface area contributed by atoms with Crippen LogP contribution in [0.3, 0.4) is 0 Å². The molecule has 2 N–H and O–H groups in total. The third-order valence-electron chi connectivity index (χ3n) is 5.47. The zero-order valence-corrected chi connectivity index (χ0v) is 19.8. The fraction of sp³-hybridized carbons (Fsp3) is 0.318. The van der Waals surface area contributed by atoms with Gasteiger partial charge < -0.3 is 15.4 Å². The predicted molar refractivity (Wildman–Crippen MR) is 121 cm³/mol. The third kappa shape index (κ3) is 4.41. The molecule has 1 unspecified atom stereocenters. The molecular weight excluding hydrogens is 448 g/mol. The fourth-order valence-electron chi connectivity index (χ4n) is 3.65. The monoisotopic (exact) mass is 474 g/mol. The second kappa shape index (κ2) is 8.83. The van der Waals surface area contributed by atoms with Gasteiger partial charge >= 0.3 is 6.03 Å². The smallest absolute Gasteiger partial charge is 0.325 e. The van der Waals surface area contributed by atoms with Gasteiger partial charge in [-0.1, -0.05) is 24.3 Å². The number of imide groups is 1. The van der Waals surface area contributed by atoms with Crippen molar-refractivity contribution in [1.82, 2.24) is 14.5 Å². The largest absolute Gasteiger partial charge is 0.495 e. The van der Waals surface area contributed by atoms with Crippen molar-refractivity contribution in [3.05, 3.63) is 53.6 Å². The molecule has 1 heterocycles. The van der Waals surface area contributed by atoms with Gasteiger partial charge in [0, 0.05) is 19.8 Å². The molecule has 33 heavy (non-hydrogen) atoms. The summed E-state index contributed by atoms with van der Waals surface area (Å²) in [6.07, 6.45) is 0. The van der Waals surface area contributed by atoms with Crippen LogP contribution in [0, 0.1) is 6.92 Å². The number of methoxy groups -OCH3 is 1. The van der Waals surface area contributed by atoms with Crippen molar-refractivity contribution in [1.29, 1.82) is 0 Å². The first-order chi connectivity index (χ1) is 15.4. The number of anilines is 1. The van der Waals surface area contributed by atoms with Gasteiger partial charge in [-0.15, -0.1) is 0 Å². The topological polar surface area (TPSA) is 125 Å². The molecule has 10 nitrogen and oxygen atoms in total. The Morgan fingerprint density at radius 1 is 1.18 bits per heavy atom. The average Bonchev–Trinajstić information content (AvgIpc) is 2.97. The Bertz CT molecular complexity index is 1230. The average molecular weight is 475 g/mol. The molecular formula is C22H26N4O6S. The first-order valence-electron chi connectivity index (χ1n) is 10.0. The van der Waals surface area contributed by atoms with Crippen molar-refractivity contribution in [2.24, 2.45) is 0 Å². The zero-order valence-electron chi connectivity index (χ0n) is 19.0. The van der Waals surface area contributed by atoms with Crippen LogP contribution in [0.5, 0.6) is 5.75 Å². The van der Waals surface area contributed by atoms with E-state index in [1.54, 1.807) is 19.1 Å². The maximum absolute atomic E-state index is 13.1. The SMILES string of the molecule is COc1ccc(NC(=O)CN2C(=O)NC(C)(c3ccccc3C)C2=O)cc1S(=O)(=O)N(C)C. The molecule has 3 rings (SSSR count). The van der Waals surface area contributed by atoms with E-state index in [2.05, 4.69) is 10.6 Å². The summed E-state index contributed by atoms with van der Waals surface area (Å²) in [5.74, 6) is -1.10. The van der Waals surface area contributed by atoms with Gasteiger partial charge in [-0.05, 0) is 43.2 Å². The van der Waals surface area contributed by atoms with Crippen LogP contribution in [0.1, 0.15) is 18.1 Å². The predicted octanol–water partition coefficient (Wildman–Crippen LogP) is 1.66. The van der Waals surface area contributed by atoms with Crippen molar-refractivity contribution >= 4 is 33.6 Å². The summed E-state index contributed by atoms with van der Waals surface area (Å²) < 4.78 is 31.3. The number of hydrogen-bond donors (Lipinski definition) is 2. The van der Waals surface area contributed by atoms with Gasteiger partial charge in [-0.2, -0.15) is 0 Å². The van der Waals surface area contributed by atoms with Crippen molar-refractivity contribution in [2.45, 2.75) is 24.3 Å². The lowest BCUT2D eigenvalue weighted by Gasteiger charge is -2.24. The number of carbonyl (C=O) groups excluding carboxylic acids is 3. The first kappa shape index (κ1) is 24.2. The third-order valence-corrected chi connectivity index (χ3v) is 7.30. The normalized spacial score (nSPS) is 18.4. The highest BCUT2D eigenvalue weighted by Gasteiger charge is 2.50. The van der Waals surface area contributed by atoms with Gasteiger partial charge in [0.2, 0.25) is 15.9 Å². The molecule has 1 saturated heterocycles. The Hall–Kier alpha value is -3.44. The van der Waals surface area contributed by atoms with E-state index in [-0.39, 0.29) is 16.3 Å². The lowest BCUT2D eigenvalue weighted by Crippen LogP contribution is -2.42. The number of rotatable bonds is 7. The number of nitrogens with zero attached hydrogens (tertiary/aromatic N) is 2. The van der Waals surface area contributed by atoms with E-state index in [0.717, 1.165) is 14.8 Å². The first-order valence-corrected chi connectivity index (χ1v) is 11.5. The molecule has 0 spiro atoms. The summed E-state index contributed by atoms with van der Waals surface area (Å²) in [5, 5.41) is 5.21. The van der Waals surface area contributed by atoms with Crippen LogP contribution in [0.15, 0.2) is 47.4 Å². The summed E-state index contributed by atoms with van der Waals surface area (Å²) >= 11 is 0. The van der Waals surface area contributed by atoms with Crippen LogP contribution < -0.4 is 15.4 Å². The second-order valence-electron chi connectivity index (χ2n) is 7.96. The Morgan fingerprint density at radius 3 is 2.45 bits per heavy atom. The van der Waals surface area contributed by atoms with Crippen LogP contribution in [0.25, 0.3) is 0 Å². The number of urea groups is 1. The summed E-state index contributed by atoms with van der Waals surface area (Å²) in [6, 6.07) is 10.6. The van der Waals surface area contributed by atoms with Gasteiger partial charge in [-0.25, -0.2) is 17.5 Å². The zero-order chi connectivity index (χ0) is 24.6. The van der Waals surface area contributed by atoms with E-state index >= 15 is 0 Å². The van der Waals surface area contributed by atoms with E-state index in [1.807, 2.05) is 19.1 Å². The fourth-order valence-corrected chi connectivity index (χ4v) is 4.73. The molecule has 0 saturated carbocycles. The minimum Gasteiger partial charge on any atom is -0.495 e. The van der Waals surface area contributed by atoms with E-state index in [9.17, 15) is 22.8 Å². The van der Waals surface area contributed by atoms with E-state index in [1.165, 1.54) is 39.4 Å². The highest BCUT2D eigenvalue weighted by molar-refractivity contribution is 7.89. The molecule has 0 aromatic heterocycles. The lowest BCUT2D eigenvalue weighted by atomic mass is 9.88. The summed E-state index contributed by atoms with van der Waals surface area (Å²) in [7, 11) is 0.255. The lowest BCUT2D eigenvalue weighted by molar-refractivity contribution is -0.133. The molecule has 1 aliphatic rings. The molecule has 11 heteroatoms. The Morgan fingerprint density at radius 2 is 1.85 bits per heavy atom. The molecule has 4 amide bonds. The minimum atomic E-state index is -3.84. The molecule has 176 valence electrons. The van der Waals surface area contributed by atoms with Crippen molar-refractivity contribution in [3.8, 4) is 5.75 Å². The summed E-state index contributed by atoms with van der Waals surface area (Å²) in [6.45, 7) is 2.89. The van der Waals surface area contributed by atoms with Gasteiger partial charge in [0.25, 0.3) is 5.91 Å². The molecule has 2 aromatic rings. The number of aryl methyl sites for hydroxylation is 1. The summed E-state index contributed by atoms with van der Waals surface area (Å²) in [5.41, 5.74) is 0.346. The number of amides is 4. The van der Waals surface area contributed by atoms with Gasteiger partial charge in [-0.3, -0.25) is 14.5 Å². The maximum Gasteiger partial charge on any atom is 0.325 e. The van der Waals surface area contributed by atoms with Crippen molar-refractivity contribution < 1.29 is 27.5 Å². The molecule has 1 fully saturated rings. The van der Waals surface area contributed by atoms with E-state index < -0.39 is 40.0 Å². The standard InChI is InChI=1S/C22H26N4O6S/c1-14-8-6-7-9-16(14)22(2)20(28)26(21(29)24-22)13-19(27)23-15-10-11-17(32-5)18(12-15)33(30,31)25(3)4/h6-12H,13H2,1-5H3,(H,23,27)(H,24,29). The van der Waals surface area contributed by atoms with Crippen LogP contribution in [0.2, 0.25) is 0 Å². The van der Waals surface area contributed by atoms with Gasteiger partial charge in [0.05, 0.1) is 7.11 Å². The highest BCUT2D eigenvalue weighted by atomic mass is 32.2. The number of benzene rings is 2. The van der Waals surface area contributed by atoms with Crippen LogP contribution >= 0.6 is 0 Å². The Balaban J connectivity index is 1.81. The van der Waals surface area contributed by atoms with Crippen LogP contribution in [-0.4, -0.2) is 63.2 Å². The minimum absolute atomic E-state index is 0.116. The van der Waals surface area contributed by atoms with Crippen molar-refractivity contribution in [2.75, 3.05) is 33.1 Å². The highest BCUT2D eigenvalue weighted by Crippen LogP contribution is 2.31. The molecule has 1 aliphatic heterocycles. The maximum atomic E-state index is 13.1. The van der Waals surface area contributed by atoms with E-state index in [0.29, 0.717) is 5.56 Å². The van der Waals surface area contributed by atoms with Crippen LogP contribution in [0.4, 0.5) is 10.5 Å².